The van der Waals surface area contributed by atoms with Crippen LogP contribution in [-0.2, 0) is 16.1 Å². The average molecular weight is 232 g/mol. The molecule has 88 valence electrons. The fraction of sp³-hybridized carbons (Fsp3) is 0.333. The van der Waals surface area contributed by atoms with Gasteiger partial charge in [0, 0.05) is 6.54 Å². The molecule has 1 aromatic carbocycles. The highest BCUT2D eigenvalue weighted by molar-refractivity contribution is 5.67. The Morgan fingerprint density at radius 2 is 2.47 bits per heavy atom. The van der Waals surface area contributed by atoms with Crippen LogP contribution in [0.5, 0.6) is 0 Å². The van der Waals surface area contributed by atoms with E-state index >= 15 is 0 Å². The van der Waals surface area contributed by atoms with E-state index in [4.69, 9.17) is 14.7 Å². The van der Waals surface area contributed by atoms with E-state index in [0.717, 1.165) is 5.56 Å². The molecule has 1 aromatic rings. The summed E-state index contributed by atoms with van der Waals surface area (Å²) >= 11 is 0. The number of rotatable bonds is 4. The van der Waals surface area contributed by atoms with Crippen LogP contribution in [0.1, 0.15) is 11.1 Å². The lowest BCUT2D eigenvalue weighted by atomic mass is 10.1. The maximum Gasteiger partial charge on any atom is 0.407 e. The lowest BCUT2D eigenvalue weighted by Gasteiger charge is -2.05. The molecule has 2 rings (SSSR count). The van der Waals surface area contributed by atoms with Gasteiger partial charge in [-0.25, -0.2) is 4.79 Å². The van der Waals surface area contributed by atoms with Crippen molar-refractivity contribution in [2.24, 2.45) is 0 Å². The predicted octanol–water partition coefficient (Wildman–Crippen LogP) is 1.18. The van der Waals surface area contributed by atoms with Crippen LogP contribution in [0.4, 0.5) is 4.79 Å². The highest BCUT2D eigenvalue weighted by Gasteiger charge is 2.22. The van der Waals surface area contributed by atoms with Crippen LogP contribution in [0.3, 0.4) is 0 Å². The van der Waals surface area contributed by atoms with Gasteiger partial charge in [0.2, 0.25) is 0 Å². The smallest absolute Gasteiger partial charge is 0.407 e. The number of carbonyl (C=O) groups is 1. The Hall–Kier alpha value is -2.06. The van der Waals surface area contributed by atoms with Crippen molar-refractivity contribution in [1.82, 2.24) is 5.32 Å². The van der Waals surface area contributed by atoms with Gasteiger partial charge in [0.15, 0.2) is 0 Å². The van der Waals surface area contributed by atoms with Gasteiger partial charge in [-0.3, -0.25) is 0 Å². The second-order valence-corrected chi connectivity index (χ2v) is 3.72. The molecule has 0 aliphatic carbocycles. The van der Waals surface area contributed by atoms with Gasteiger partial charge >= 0.3 is 6.09 Å². The molecule has 0 radical (unpaired) electrons. The summed E-state index contributed by atoms with van der Waals surface area (Å²) in [6.07, 6.45) is -0.327. The quantitative estimate of drug-likeness (QED) is 0.791. The molecule has 1 amide bonds. The maximum absolute atomic E-state index is 11.2. The number of benzene rings is 1. The lowest BCUT2D eigenvalue weighted by molar-refractivity contribution is 0.139. The van der Waals surface area contributed by atoms with Gasteiger partial charge in [0.1, 0.15) is 6.61 Å². The molecule has 1 aliphatic heterocycles. The third-order valence-corrected chi connectivity index (χ3v) is 2.30. The van der Waals surface area contributed by atoms with Gasteiger partial charge in [-0.2, -0.15) is 5.26 Å². The second kappa shape index (κ2) is 5.32. The molecular formula is C12H12N2O3. The molecule has 0 bridgehead atoms. The Bertz CT molecular complexity index is 449. The van der Waals surface area contributed by atoms with Crippen molar-refractivity contribution in [2.45, 2.75) is 12.7 Å². The third kappa shape index (κ3) is 3.78. The molecule has 0 saturated carbocycles. The Kier molecular flexibility index (Phi) is 3.58. The molecule has 0 aromatic heterocycles. The van der Waals surface area contributed by atoms with Crippen LogP contribution in [-0.4, -0.2) is 25.3 Å². The van der Waals surface area contributed by atoms with E-state index in [2.05, 4.69) is 5.32 Å². The van der Waals surface area contributed by atoms with Crippen LogP contribution in [0.15, 0.2) is 24.3 Å². The van der Waals surface area contributed by atoms with Gasteiger partial charge < -0.3 is 14.8 Å². The molecule has 0 unspecified atom stereocenters. The Morgan fingerprint density at radius 1 is 1.65 bits per heavy atom. The van der Waals surface area contributed by atoms with E-state index in [0.29, 0.717) is 18.7 Å². The Balaban J connectivity index is 1.76. The van der Waals surface area contributed by atoms with Crippen molar-refractivity contribution in [3.63, 3.8) is 0 Å². The topological polar surface area (TPSA) is 74.6 Å². The van der Waals surface area contributed by atoms with Crippen molar-refractivity contribution in [2.75, 3.05) is 13.2 Å². The number of ether oxygens (including phenoxy) is 2. The summed E-state index contributed by atoms with van der Waals surface area (Å²) in [5.41, 5.74) is 1.35. The zero-order valence-electron chi connectivity index (χ0n) is 9.18. The Morgan fingerprint density at radius 3 is 3.18 bits per heavy atom. The first-order valence-corrected chi connectivity index (χ1v) is 5.29. The van der Waals surface area contributed by atoms with E-state index in [1.807, 2.05) is 6.07 Å². The van der Waals surface area contributed by atoms with E-state index in [9.17, 15) is 4.79 Å². The molecule has 1 aliphatic rings. The number of amides is 1. The van der Waals surface area contributed by atoms with Crippen molar-refractivity contribution in [3.05, 3.63) is 35.4 Å². The largest absolute Gasteiger partial charge is 0.445 e. The predicted molar refractivity (Wildman–Crippen MR) is 59.1 cm³/mol. The van der Waals surface area contributed by atoms with Crippen molar-refractivity contribution >= 4 is 6.09 Å². The number of hydrogen-bond acceptors (Lipinski definition) is 4. The first-order chi connectivity index (χ1) is 8.28. The summed E-state index contributed by atoms with van der Waals surface area (Å²) < 4.78 is 9.94. The van der Waals surface area contributed by atoms with E-state index < -0.39 is 6.09 Å². The average Bonchev–Trinajstić information content (AvgIpc) is 3.18. The summed E-state index contributed by atoms with van der Waals surface area (Å²) in [6.45, 7) is 1.34. The van der Waals surface area contributed by atoms with E-state index in [1.54, 1.807) is 24.3 Å². The van der Waals surface area contributed by atoms with Crippen molar-refractivity contribution in [1.29, 1.82) is 5.26 Å². The molecule has 17 heavy (non-hydrogen) atoms. The van der Waals surface area contributed by atoms with Gasteiger partial charge in [0.05, 0.1) is 24.3 Å². The van der Waals surface area contributed by atoms with Crippen LogP contribution in [0, 0.1) is 11.3 Å². The number of nitriles is 1. The molecule has 1 heterocycles. The summed E-state index contributed by atoms with van der Waals surface area (Å²) in [6, 6.07) is 8.99. The van der Waals surface area contributed by atoms with Gasteiger partial charge in [0.25, 0.3) is 0 Å². The fourth-order valence-electron chi connectivity index (χ4n) is 1.31. The van der Waals surface area contributed by atoms with Crippen molar-refractivity contribution in [3.8, 4) is 6.07 Å². The molecule has 5 nitrogen and oxygen atoms in total. The second-order valence-electron chi connectivity index (χ2n) is 3.72. The van der Waals surface area contributed by atoms with Crippen LogP contribution < -0.4 is 5.32 Å². The number of epoxide rings is 1. The highest BCUT2D eigenvalue weighted by Crippen LogP contribution is 2.07. The summed E-state index contributed by atoms with van der Waals surface area (Å²) in [5.74, 6) is 0. The SMILES string of the molecule is N#Cc1cccc(COC(=O)NC[C@@H]2CO2)c1. The molecule has 1 saturated heterocycles. The van der Waals surface area contributed by atoms with E-state index in [-0.39, 0.29) is 12.7 Å². The normalized spacial score (nSPS) is 17.0. The van der Waals surface area contributed by atoms with Crippen LogP contribution in [0.25, 0.3) is 0 Å². The number of nitrogens with one attached hydrogen (secondary N) is 1. The summed E-state index contributed by atoms with van der Waals surface area (Å²) in [7, 11) is 0. The molecule has 1 fully saturated rings. The summed E-state index contributed by atoms with van der Waals surface area (Å²) in [4.78, 5) is 11.2. The first-order valence-electron chi connectivity index (χ1n) is 5.29. The molecule has 5 heteroatoms. The van der Waals surface area contributed by atoms with Crippen LogP contribution in [0.2, 0.25) is 0 Å². The molecular weight excluding hydrogens is 220 g/mol. The van der Waals surface area contributed by atoms with Crippen molar-refractivity contribution < 1.29 is 14.3 Å². The number of nitrogens with zero attached hydrogens (tertiary/aromatic N) is 1. The molecule has 1 atom stereocenters. The zero-order valence-corrected chi connectivity index (χ0v) is 9.18. The number of alkyl carbamates (subject to hydrolysis) is 1. The maximum atomic E-state index is 11.2. The van der Waals surface area contributed by atoms with Gasteiger partial charge in [-0.1, -0.05) is 12.1 Å². The number of carbonyl (C=O) groups excluding carboxylic acids is 1. The van der Waals surface area contributed by atoms with E-state index in [1.165, 1.54) is 0 Å². The zero-order chi connectivity index (χ0) is 12.1. The lowest BCUT2D eigenvalue weighted by Crippen LogP contribution is -2.27. The fourth-order valence-corrected chi connectivity index (χ4v) is 1.31. The monoisotopic (exact) mass is 232 g/mol. The molecule has 1 N–H and O–H groups in total. The third-order valence-electron chi connectivity index (χ3n) is 2.30. The van der Waals surface area contributed by atoms with Gasteiger partial charge in [-0.05, 0) is 17.7 Å². The standard InChI is InChI=1S/C12H12N2O3/c13-5-9-2-1-3-10(4-9)7-17-12(15)14-6-11-8-16-11/h1-4,11H,6-8H2,(H,14,15)/t11-/m1/s1. The molecule has 0 spiro atoms. The van der Waals surface area contributed by atoms with Crippen LogP contribution >= 0.6 is 0 Å². The summed E-state index contributed by atoms with van der Waals surface area (Å²) in [5, 5.41) is 11.3. The number of hydrogen-bond donors (Lipinski definition) is 1. The minimum Gasteiger partial charge on any atom is -0.445 e. The Labute approximate surface area is 98.9 Å². The minimum absolute atomic E-state index is 0.143. The minimum atomic E-state index is -0.470. The highest BCUT2D eigenvalue weighted by atomic mass is 16.6. The van der Waals surface area contributed by atoms with Gasteiger partial charge in [-0.15, -0.1) is 0 Å². The first kappa shape index (κ1) is 11.4.